The predicted octanol–water partition coefficient (Wildman–Crippen LogP) is 0.922. The molecule has 1 unspecified atom stereocenters. The average molecular weight is 308 g/mol. The van der Waals surface area contributed by atoms with E-state index in [9.17, 15) is 14.4 Å². The van der Waals surface area contributed by atoms with Crippen LogP contribution >= 0.6 is 11.8 Å². The first-order valence-corrected chi connectivity index (χ1v) is 7.59. The number of carboxylic acids is 1. The van der Waals surface area contributed by atoms with E-state index < -0.39 is 12.0 Å². The number of aromatic carboxylic acids is 1. The summed E-state index contributed by atoms with van der Waals surface area (Å²) in [6.07, 6.45) is 0. The van der Waals surface area contributed by atoms with Gasteiger partial charge in [-0.1, -0.05) is 12.1 Å². The van der Waals surface area contributed by atoms with Crippen molar-refractivity contribution in [1.29, 1.82) is 0 Å². The van der Waals surface area contributed by atoms with E-state index in [2.05, 4.69) is 5.32 Å². The molecule has 2 amide bonds. The minimum atomic E-state index is -1.00. The Hall–Kier alpha value is -2.02. The Balaban J connectivity index is 1.96. The first-order chi connectivity index (χ1) is 9.99. The van der Waals surface area contributed by atoms with E-state index in [-0.39, 0.29) is 23.9 Å². The average Bonchev–Trinajstić information content (AvgIpc) is 2.94. The quantitative estimate of drug-likeness (QED) is 0.864. The van der Waals surface area contributed by atoms with Gasteiger partial charge in [-0.3, -0.25) is 9.59 Å². The van der Waals surface area contributed by atoms with Crippen molar-refractivity contribution in [3.05, 3.63) is 35.4 Å². The number of benzene rings is 1. The molecule has 1 aliphatic heterocycles. The number of amides is 2. The number of thioether (sulfide) groups is 1. The van der Waals surface area contributed by atoms with Gasteiger partial charge in [0, 0.05) is 19.2 Å². The summed E-state index contributed by atoms with van der Waals surface area (Å²) in [5.41, 5.74) is 0.895. The number of hydrogen-bond acceptors (Lipinski definition) is 4. The summed E-state index contributed by atoms with van der Waals surface area (Å²) in [6.45, 7) is 1.69. The molecule has 0 aromatic heterocycles. The molecule has 21 heavy (non-hydrogen) atoms. The van der Waals surface area contributed by atoms with Crippen LogP contribution < -0.4 is 5.32 Å². The Morgan fingerprint density at radius 2 is 2.19 bits per heavy atom. The highest BCUT2D eigenvalue weighted by molar-refractivity contribution is 7.99. The summed E-state index contributed by atoms with van der Waals surface area (Å²) >= 11 is 1.54. The summed E-state index contributed by atoms with van der Waals surface area (Å²) in [5, 5.41) is 11.7. The Morgan fingerprint density at radius 3 is 2.86 bits per heavy atom. The van der Waals surface area contributed by atoms with Crippen LogP contribution in [0.1, 0.15) is 22.8 Å². The highest BCUT2D eigenvalue weighted by atomic mass is 32.2. The second-order valence-corrected chi connectivity index (χ2v) is 5.73. The summed E-state index contributed by atoms with van der Waals surface area (Å²) in [4.78, 5) is 36.0. The fourth-order valence-electron chi connectivity index (χ4n) is 2.09. The summed E-state index contributed by atoms with van der Waals surface area (Å²) in [7, 11) is 0. The smallest absolute Gasteiger partial charge is 0.335 e. The molecule has 0 saturated carbocycles. The van der Waals surface area contributed by atoms with Crippen LogP contribution in [0.3, 0.4) is 0 Å². The van der Waals surface area contributed by atoms with Crippen molar-refractivity contribution in [1.82, 2.24) is 10.2 Å². The third-order valence-electron chi connectivity index (χ3n) is 3.23. The van der Waals surface area contributed by atoms with Gasteiger partial charge in [0.15, 0.2) is 0 Å². The maximum absolute atomic E-state index is 12.1. The van der Waals surface area contributed by atoms with E-state index >= 15 is 0 Å². The third kappa shape index (κ3) is 3.75. The summed E-state index contributed by atoms with van der Waals surface area (Å²) in [5.74, 6) is -0.218. The van der Waals surface area contributed by atoms with Crippen molar-refractivity contribution in [2.75, 3.05) is 11.6 Å². The van der Waals surface area contributed by atoms with Gasteiger partial charge in [-0.2, -0.15) is 0 Å². The second kappa shape index (κ2) is 6.62. The lowest BCUT2D eigenvalue weighted by Gasteiger charge is -2.21. The normalized spacial score (nSPS) is 17.6. The minimum Gasteiger partial charge on any atom is -0.478 e. The van der Waals surface area contributed by atoms with Crippen molar-refractivity contribution in [3.8, 4) is 0 Å². The van der Waals surface area contributed by atoms with Gasteiger partial charge in [0.25, 0.3) is 0 Å². The standard InChI is InChI=1S/C14H16N2O4S/c1-9(17)16-8-21-7-12(16)13(18)15-6-10-3-2-4-11(5-10)14(19)20/h2-5,12H,6-8H2,1H3,(H,15,18)(H,19,20). The van der Waals surface area contributed by atoms with Gasteiger partial charge in [0.1, 0.15) is 6.04 Å². The maximum Gasteiger partial charge on any atom is 0.335 e. The van der Waals surface area contributed by atoms with Crippen LogP contribution in [0.5, 0.6) is 0 Å². The lowest BCUT2D eigenvalue weighted by atomic mass is 10.1. The second-order valence-electron chi connectivity index (χ2n) is 4.73. The molecule has 1 fully saturated rings. The van der Waals surface area contributed by atoms with Gasteiger partial charge < -0.3 is 15.3 Å². The molecular weight excluding hydrogens is 292 g/mol. The van der Waals surface area contributed by atoms with Gasteiger partial charge in [-0.15, -0.1) is 11.8 Å². The zero-order valence-electron chi connectivity index (χ0n) is 11.5. The number of nitrogens with zero attached hydrogens (tertiary/aromatic N) is 1. The first kappa shape index (κ1) is 15.4. The van der Waals surface area contributed by atoms with Crippen molar-refractivity contribution in [2.45, 2.75) is 19.5 Å². The number of carbonyl (C=O) groups is 3. The van der Waals surface area contributed by atoms with E-state index in [1.54, 1.807) is 23.9 Å². The zero-order chi connectivity index (χ0) is 15.4. The van der Waals surface area contributed by atoms with Gasteiger partial charge >= 0.3 is 5.97 Å². The fourth-order valence-corrected chi connectivity index (χ4v) is 3.31. The van der Waals surface area contributed by atoms with Crippen molar-refractivity contribution in [3.63, 3.8) is 0 Å². The topological polar surface area (TPSA) is 86.7 Å². The monoisotopic (exact) mass is 308 g/mol. The Bertz CT molecular complexity index is 576. The van der Waals surface area contributed by atoms with Crippen molar-refractivity contribution < 1.29 is 19.5 Å². The van der Waals surface area contributed by atoms with Crippen LogP contribution in [0.15, 0.2) is 24.3 Å². The van der Waals surface area contributed by atoms with Crippen LogP contribution in [-0.2, 0) is 16.1 Å². The predicted molar refractivity (Wildman–Crippen MR) is 78.9 cm³/mol. The molecular formula is C14H16N2O4S. The maximum atomic E-state index is 12.1. The van der Waals surface area contributed by atoms with Crippen LogP contribution in [-0.4, -0.2) is 45.5 Å². The molecule has 1 aromatic rings. The number of hydrogen-bond donors (Lipinski definition) is 2. The molecule has 2 N–H and O–H groups in total. The lowest BCUT2D eigenvalue weighted by Crippen LogP contribution is -2.46. The van der Waals surface area contributed by atoms with E-state index in [1.807, 2.05) is 0 Å². The number of carboxylic acid groups (broad SMARTS) is 1. The molecule has 6 nitrogen and oxygen atoms in total. The van der Waals surface area contributed by atoms with Crippen LogP contribution in [0.25, 0.3) is 0 Å². The molecule has 1 aromatic carbocycles. The molecule has 1 saturated heterocycles. The Morgan fingerprint density at radius 1 is 1.43 bits per heavy atom. The summed E-state index contributed by atoms with van der Waals surface area (Å²) < 4.78 is 0. The molecule has 7 heteroatoms. The largest absolute Gasteiger partial charge is 0.478 e. The molecule has 1 atom stereocenters. The minimum absolute atomic E-state index is 0.118. The number of rotatable bonds is 4. The SMILES string of the molecule is CC(=O)N1CSCC1C(=O)NCc1cccc(C(=O)O)c1. The molecule has 0 radical (unpaired) electrons. The summed E-state index contributed by atoms with van der Waals surface area (Å²) in [6, 6.07) is 5.96. The van der Waals surface area contributed by atoms with Crippen LogP contribution in [0, 0.1) is 0 Å². The van der Waals surface area contributed by atoms with E-state index in [1.165, 1.54) is 24.0 Å². The molecule has 112 valence electrons. The van der Waals surface area contributed by atoms with Crippen molar-refractivity contribution in [2.24, 2.45) is 0 Å². The lowest BCUT2D eigenvalue weighted by molar-refractivity contribution is -0.136. The molecule has 0 aliphatic carbocycles. The van der Waals surface area contributed by atoms with E-state index in [0.29, 0.717) is 17.2 Å². The highest BCUT2D eigenvalue weighted by Crippen LogP contribution is 2.21. The van der Waals surface area contributed by atoms with Crippen LogP contribution in [0.4, 0.5) is 0 Å². The van der Waals surface area contributed by atoms with Gasteiger partial charge in [0.2, 0.25) is 11.8 Å². The number of nitrogens with one attached hydrogen (secondary N) is 1. The Kier molecular flexibility index (Phi) is 4.85. The number of carbonyl (C=O) groups excluding carboxylic acids is 2. The highest BCUT2D eigenvalue weighted by Gasteiger charge is 2.32. The van der Waals surface area contributed by atoms with Gasteiger partial charge in [0.05, 0.1) is 11.4 Å². The third-order valence-corrected chi connectivity index (χ3v) is 4.24. The van der Waals surface area contributed by atoms with Gasteiger partial charge in [-0.25, -0.2) is 4.79 Å². The zero-order valence-corrected chi connectivity index (χ0v) is 12.4. The van der Waals surface area contributed by atoms with Crippen LogP contribution in [0.2, 0.25) is 0 Å². The Labute approximate surface area is 126 Å². The van der Waals surface area contributed by atoms with E-state index in [0.717, 1.165) is 0 Å². The van der Waals surface area contributed by atoms with E-state index in [4.69, 9.17) is 5.11 Å². The fraction of sp³-hybridized carbons (Fsp3) is 0.357. The molecule has 2 rings (SSSR count). The first-order valence-electron chi connectivity index (χ1n) is 6.44. The molecule has 0 bridgehead atoms. The molecule has 1 aliphatic rings. The van der Waals surface area contributed by atoms with Gasteiger partial charge in [-0.05, 0) is 17.7 Å². The van der Waals surface area contributed by atoms with Crippen molar-refractivity contribution >= 4 is 29.5 Å². The molecule has 1 heterocycles. The molecule has 0 spiro atoms.